The third kappa shape index (κ3) is 7.94. The fraction of sp³-hybridized carbons (Fsp3) is 0.600. The van der Waals surface area contributed by atoms with Crippen molar-refractivity contribution in [1.29, 1.82) is 0 Å². The molecule has 2 bridgehead atoms. The van der Waals surface area contributed by atoms with Gasteiger partial charge in [0.05, 0.1) is 17.9 Å². The van der Waals surface area contributed by atoms with Crippen LogP contribution in [0.4, 0.5) is 0 Å². The standard InChI is InChI=1S/C40H55NO10/c1-21(2)47-36(34(41(11)12)27-16-14-13-15-17-27)38(46)51-31-20-32(45)40(10)29(22(31)3)18-28-19-30(48-24(5)42)23(4)33(39(28,8)9)35(49-25(6)43)37(40)50-26(7)44/h13-17,28-32,34-37,45H,1,3,18-20H2,2,4-12H3/t28-,29+,30-,31-,32-,34-,35+,36+,37-,40-/m0/s1. The Bertz CT molecular complexity index is 1560. The summed E-state index contributed by atoms with van der Waals surface area (Å²) in [7, 11) is 3.69. The van der Waals surface area contributed by atoms with E-state index in [0.717, 1.165) is 5.56 Å². The molecule has 0 heterocycles. The summed E-state index contributed by atoms with van der Waals surface area (Å²) in [6, 6.07) is 8.94. The van der Waals surface area contributed by atoms with Crippen LogP contribution >= 0.6 is 0 Å². The van der Waals surface area contributed by atoms with Gasteiger partial charge in [-0.25, -0.2) is 4.79 Å². The van der Waals surface area contributed by atoms with Gasteiger partial charge in [-0.1, -0.05) is 64.3 Å². The minimum absolute atomic E-state index is 0.0535. The molecule has 51 heavy (non-hydrogen) atoms. The van der Waals surface area contributed by atoms with E-state index in [-0.39, 0.29) is 12.3 Å². The minimum Gasteiger partial charge on any atom is -0.482 e. The zero-order valence-electron chi connectivity index (χ0n) is 31.7. The molecular formula is C40H55NO10. The van der Waals surface area contributed by atoms with Gasteiger partial charge in [0.1, 0.15) is 12.2 Å². The Morgan fingerprint density at radius 3 is 1.98 bits per heavy atom. The molecular weight excluding hydrogens is 654 g/mol. The van der Waals surface area contributed by atoms with E-state index in [1.165, 1.54) is 20.8 Å². The summed E-state index contributed by atoms with van der Waals surface area (Å²) in [4.78, 5) is 54.0. The molecule has 0 saturated heterocycles. The first-order chi connectivity index (χ1) is 23.7. The summed E-state index contributed by atoms with van der Waals surface area (Å²) in [6.07, 6.45) is -5.30. The third-order valence-corrected chi connectivity index (χ3v) is 11.3. The number of ether oxygens (including phenoxy) is 5. The number of carbonyl (C=O) groups is 4. The Kier molecular flexibility index (Phi) is 12.0. The predicted octanol–water partition coefficient (Wildman–Crippen LogP) is 5.62. The highest BCUT2D eigenvalue weighted by Crippen LogP contribution is 2.60. The first kappa shape index (κ1) is 39.8. The van der Waals surface area contributed by atoms with Gasteiger partial charge in [-0.05, 0) is 80.3 Å². The molecule has 280 valence electrons. The molecule has 0 unspecified atom stereocenters. The van der Waals surface area contributed by atoms with Crippen molar-refractivity contribution in [2.75, 3.05) is 14.1 Å². The Morgan fingerprint density at radius 1 is 0.863 bits per heavy atom. The van der Waals surface area contributed by atoms with Crippen LogP contribution in [0.1, 0.15) is 86.3 Å². The van der Waals surface area contributed by atoms with Crippen molar-refractivity contribution in [2.45, 2.75) is 117 Å². The van der Waals surface area contributed by atoms with Gasteiger partial charge in [0.15, 0.2) is 12.2 Å². The van der Waals surface area contributed by atoms with Crippen LogP contribution in [0.5, 0.6) is 0 Å². The first-order valence-corrected chi connectivity index (χ1v) is 17.5. The number of rotatable bonds is 10. The van der Waals surface area contributed by atoms with Gasteiger partial charge in [-0.15, -0.1) is 0 Å². The van der Waals surface area contributed by atoms with E-state index in [1.54, 1.807) is 6.92 Å². The van der Waals surface area contributed by atoms with E-state index < -0.39 is 83.3 Å². The molecule has 0 aliphatic heterocycles. The van der Waals surface area contributed by atoms with E-state index in [4.69, 9.17) is 23.7 Å². The Morgan fingerprint density at radius 2 is 1.45 bits per heavy atom. The van der Waals surface area contributed by atoms with Crippen molar-refractivity contribution >= 4 is 23.9 Å². The molecule has 11 heteroatoms. The van der Waals surface area contributed by atoms with Crippen LogP contribution in [-0.4, -0.2) is 84.6 Å². The Balaban J connectivity index is 1.83. The molecule has 1 aromatic carbocycles. The van der Waals surface area contributed by atoms with Gasteiger partial charge in [-0.3, -0.25) is 19.3 Å². The lowest BCUT2D eigenvalue weighted by Crippen LogP contribution is -2.64. The van der Waals surface area contributed by atoms with E-state index in [1.807, 2.05) is 77.0 Å². The van der Waals surface area contributed by atoms with Crippen molar-refractivity contribution in [2.24, 2.45) is 22.7 Å². The average molecular weight is 710 g/mol. The number of likely N-dealkylation sites (N-methyl/N-ethyl adjacent to an activating group) is 1. The molecule has 2 saturated carbocycles. The lowest BCUT2D eigenvalue weighted by atomic mass is 9.49. The van der Waals surface area contributed by atoms with Gasteiger partial charge in [-0.2, -0.15) is 0 Å². The number of aliphatic hydroxyl groups excluding tert-OH is 1. The number of nitrogens with zero attached hydrogens (tertiary/aromatic N) is 1. The van der Waals surface area contributed by atoms with E-state index in [2.05, 4.69) is 13.2 Å². The number of carbonyl (C=O) groups excluding carboxylic acids is 4. The molecule has 1 aromatic rings. The highest BCUT2D eigenvalue weighted by Gasteiger charge is 2.63. The molecule has 0 spiro atoms. The minimum atomic E-state index is -1.23. The fourth-order valence-electron chi connectivity index (χ4n) is 8.82. The summed E-state index contributed by atoms with van der Waals surface area (Å²) < 4.78 is 30.2. The molecule has 1 N–H and O–H groups in total. The van der Waals surface area contributed by atoms with Crippen molar-refractivity contribution in [1.82, 2.24) is 4.90 Å². The van der Waals surface area contributed by atoms with E-state index in [0.29, 0.717) is 35.3 Å². The molecule has 0 amide bonds. The van der Waals surface area contributed by atoms with Gasteiger partial charge >= 0.3 is 23.9 Å². The van der Waals surface area contributed by atoms with Crippen molar-refractivity contribution < 1.29 is 48.0 Å². The highest BCUT2D eigenvalue weighted by molar-refractivity contribution is 5.77. The van der Waals surface area contributed by atoms with Crippen LogP contribution in [0, 0.1) is 22.7 Å². The molecule has 11 nitrogen and oxygen atoms in total. The smallest absolute Gasteiger partial charge is 0.349 e. The van der Waals surface area contributed by atoms with Crippen molar-refractivity contribution in [3.8, 4) is 0 Å². The van der Waals surface area contributed by atoms with Crippen LogP contribution in [0.2, 0.25) is 0 Å². The molecule has 0 radical (unpaired) electrons. The van der Waals surface area contributed by atoms with Gasteiger partial charge < -0.3 is 28.8 Å². The number of aliphatic hydroxyl groups is 1. The second kappa shape index (κ2) is 15.3. The normalized spacial score (nSPS) is 31.2. The van der Waals surface area contributed by atoms with Crippen LogP contribution < -0.4 is 0 Å². The fourth-order valence-corrected chi connectivity index (χ4v) is 8.82. The number of allylic oxidation sites excluding steroid dienone is 1. The topological polar surface area (TPSA) is 138 Å². The summed E-state index contributed by atoms with van der Waals surface area (Å²) >= 11 is 0. The van der Waals surface area contributed by atoms with Gasteiger partial charge in [0.25, 0.3) is 0 Å². The van der Waals surface area contributed by atoms with Gasteiger partial charge in [0, 0.05) is 32.6 Å². The van der Waals surface area contributed by atoms with Crippen molar-refractivity contribution in [3.05, 3.63) is 71.5 Å². The lowest BCUT2D eigenvalue weighted by molar-refractivity contribution is -0.206. The quantitative estimate of drug-likeness (QED) is 0.140. The summed E-state index contributed by atoms with van der Waals surface area (Å²) in [5.74, 6) is -2.78. The Labute approximate surface area is 302 Å². The first-order valence-electron chi connectivity index (χ1n) is 17.5. The zero-order chi connectivity index (χ0) is 38.2. The highest BCUT2D eigenvalue weighted by atomic mass is 16.6. The maximum absolute atomic E-state index is 14.2. The van der Waals surface area contributed by atoms with E-state index >= 15 is 0 Å². The van der Waals surface area contributed by atoms with Crippen LogP contribution in [0.3, 0.4) is 0 Å². The van der Waals surface area contributed by atoms with Crippen LogP contribution in [-0.2, 0) is 42.9 Å². The average Bonchev–Trinajstić information content (AvgIpc) is 3.01. The monoisotopic (exact) mass is 709 g/mol. The Hall–Kier alpha value is -3.96. The zero-order valence-corrected chi connectivity index (χ0v) is 31.7. The third-order valence-electron chi connectivity index (χ3n) is 11.3. The second-order valence-corrected chi connectivity index (χ2v) is 15.4. The number of benzene rings is 1. The molecule has 3 aliphatic rings. The molecule has 4 rings (SSSR count). The van der Waals surface area contributed by atoms with Crippen molar-refractivity contribution in [3.63, 3.8) is 0 Å². The molecule has 3 aliphatic carbocycles. The predicted molar refractivity (Wildman–Crippen MR) is 190 cm³/mol. The number of hydrogen-bond acceptors (Lipinski definition) is 11. The summed E-state index contributed by atoms with van der Waals surface area (Å²) in [5, 5.41) is 12.2. The molecule has 2 fully saturated rings. The lowest BCUT2D eigenvalue weighted by Gasteiger charge is -2.59. The van der Waals surface area contributed by atoms with Gasteiger partial charge in [0.2, 0.25) is 6.10 Å². The van der Waals surface area contributed by atoms with Crippen LogP contribution in [0.25, 0.3) is 0 Å². The SMILES string of the molecule is C=C(C)O[C@@H](C(=O)O[C@H]1C[C@H](O)[C@]2(C)[C@H](C[C@H]3C[C@H](OC(C)=O)C(C)=C([C@@H](OC(C)=O)[C@@H]2OC(C)=O)C3(C)C)C1=C)[C@H](c1ccccc1)N(C)C. The molecule has 0 aromatic heterocycles. The summed E-state index contributed by atoms with van der Waals surface area (Å²) in [6.45, 7) is 21.6. The largest absolute Gasteiger partial charge is 0.482 e. The number of hydrogen-bond donors (Lipinski definition) is 1. The number of esters is 4. The maximum Gasteiger partial charge on any atom is 0.349 e. The number of fused-ring (bicyclic) bond motifs is 3. The molecule has 10 atom stereocenters. The van der Waals surface area contributed by atoms with Crippen LogP contribution in [0.15, 0.2) is 66.0 Å². The maximum atomic E-state index is 14.2. The van der Waals surface area contributed by atoms with E-state index in [9.17, 15) is 24.3 Å². The second-order valence-electron chi connectivity index (χ2n) is 15.4. The summed E-state index contributed by atoms with van der Waals surface area (Å²) in [5.41, 5.74) is 0.898.